The minimum atomic E-state index is -0.376. The number of nitrogens with one attached hydrogen (secondary N) is 2. The molecule has 3 rings (SSSR count). The van der Waals surface area contributed by atoms with Gasteiger partial charge >= 0.3 is 0 Å². The number of benzene rings is 2. The molecule has 0 bridgehead atoms. The summed E-state index contributed by atoms with van der Waals surface area (Å²) in [6.07, 6.45) is 0.489. The average Bonchev–Trinajstić information content (AvgIpc) is 3.11. The molecule has 130 valence electrons. The van der Waals surface area contributed by atoms with Crippen LogP contribution in [0, 0.1) is 18.7 Å². The maximum Gasteiger partial charge on any atom is 0.237 e. The van der Waals surface area contributed by atoms with Gasteiger partial charge in [0.15, 0.2) is 5.78 Å². The number of amides is 1. The first-order chi connectivity index (χ1) is 12.0. The zero-order valence-electron chi connectivity index (χ0n) is 14.1. The molecule has 25 heavy (non-hydrogen) atoms. The highest BCUT2D eigenvalue weighted by atomic mass is 19.1. The number of halogens is 1. The summed E-state index contributed by atoms with van der Waals surface area (Å²) in [5, 5.41) is 5.96. The van der Waals surface area contributed by atoms with Crippen molar-refractivity contribution in [2.75, 3.05) is 6.54 Å². The van der Waals surface area contributed by atoms with Crippen LogP contribution in [0.25, 0.3) is 0 Å². The number of ketones is 1. The number of carbonyl (C=O) groups is 2. The Morgan fingerprint density at radius 1 is 1.16 bits per heavy atom. The van der Waals surface area contributed by atoms with Crippen LogP contribution in [-0.2, 0) is 11.3 Å². The maximum absolute atomic E-state index is 12.9. The van der Waals surface area contributed by atoms with E-state index >= 15 is 0 Å². The summed E-state index contributed by atoms with van der Waals surface area (Å²) in [4.78, 5) is 24.9. The van der Waals surface area contributed by atoms with Gasteiger partial charge in [0.1, 0.15) is 5.82 Å². The van der Waals surface area contributed by atoms with Crippen LogP contribution >= 0.6 is 0 Å². The summed E-state index contributed by atoms with van der Waals surface area (Å²) in [6, 6.07) is 13.2. The molecule has 4 nitrogen and oxygen atoms in total. The summed E-state index contributed by atoms with van der Waals surface area (Å²) in [6.45, 7) is 2.76. The highest BCUT2D eigenvalue weighted by Crippen LogP contribution is 2.21. The van der Waals surface area contributed by atoms with E-state index < -0.39 is 0 Å². The first-order valence-corrected chi connectivity index (χ1v) is 8.40. The van der Waals surface area contributed by atoms with Crippen LogP contribution in [-0.4, -0.2) is 24.3 Å². The zero-order chi connectivity index (χ0) is 17.8. The lowest BCUT2D eigenvalue weighted by atomic mass is 9.92. The van der Waals surface area contributed by atoms with Gasteiger partial charge in [0.2, 0.25) is 5.91 Å². The van der Waals surface area contributed by atoms with Crippen molar-refractivity contribution < 1.29 is 14.0 Å². The Morgan fingerprint density at radius 3 is 2.60 bits per heavy atom. The standard InChI is InChI=1S/C20H21FN2O2/c1-13-4-2-3-5-17(13)19(24)15-10-18(22-12-15)20(25)23-11-14-6-8-16(21)9-7-14/h2-9,15,18,22H,10-12H2,1H3,(H,23,25). The van der Waals surface area contributed by atoms with E-state index in [9.17, 15) is 14.0 Å². The molecule has 2 N–H and O–H groups in total. The van der Waals surface area contributed by atoms with E-state index in [0.717, 1.165) is 16.7 Å². The summed E-state index contributed by atoms with van der Waals surface area (Å²) < 4.78 is 12.9. The molecule has 1 heterocycles. The van der Waals surface area contributed by atoms with Gasteiger partial charge in [-0.15, -0.1) is 0 Å². The first-order valence-electron chi connectivity index (χ1n) is 8.40. The third-order valence-corrected chi connectivity index (χ3v) is 4.61. The largest absolute Gasteiger partial charge is 0.351 e. The summed E-state index contributed by atoms with van der Waals surface area (Å²) in [5.74, 6) is -0.545. The molecule has 2 aromatic carbocycles. The Hall–Kier alpha value is -2.53. The molecule has 0 radical (unpaired) electrons. The molecular formula is C20H21FN2O2. The van der Waals surface area contributed by atoms with Gasteiger partial charge < -0.3 is 10.6 Å². The Bertz CT molecular complexity index is 774. The lowest BCUT2D eigenvalue weighted by Crippen LogP contribution is -2.39. The molecule has 2 atom stereocenters. The van der Waals surface area contributed by atoms with E-state index in [1.165, 1.54) is 12.1 Å². The predicted octanol–water partition coefficient (Wildman–Crippen LogP) is 2.61. The maximum atomic E-state index is 12.9. The molecular weight excluding hydrogens is 319 g/mol. The van der Waals surface area contributed by atoms with Crippen LogP contribution in [0.4, 0.5) is 4.39 Å². The third kappa shape index (κ3) is 4.12. The second-order valence-corrected chi connectivity index (χ2v) is 6.42. The normalized spacial score (nSPS) is 19.6. The molecule has 2 unspecified atom stereocenters. The molecule has 5 heteroatoms. The Labute approximate surface area is 146 Å². The summed E-state index contributed by atoms with van der Waals surface area (Å²) in [7, 11) is 0. The quantitative estimate of drug-likeness (QED) is 0.823. The number of aryl methyl sites for hydroxylation is 1. The molecule has 2 aromatic rings. The van der Waals surface area contributed by atoms with Crippen molar-refractivity contribution in [3.05, 3.63) is 71.0 Å². The molecule has 0 spiro atoms. The second-order valence-electron chi connectivity index (χ2n) is 6.42. The van der Waals surface area contributed by atoms with Gasteiger partial charge in [0, 0.05) is 24.6 Å². The molecule has 1 aliphatic heterocycles. The van der Waals surface area contributed by atoms with Crippen molar-refractivity contribution in [1.29, 1.82) is 0 Å². The molecule has 1 saturated heterocycles. The fourth-order valence-corrected chi connectivity index (χ4v) is 3.12. The number of Topliss-reactive ketones (excluding diaryl/α,β-unsaturated/α-hetero) is 1. The number of hydrogen-bond acceptors (Lipinski definition) is 3. The number of carbonyl (C=O) groups excluding carboxylic acids is 2. The first kappa shape index (κ1) is 17.3. The van der Waals surface area contributed by atoms with E-state index in [0.29, 0.717) is 19.5 Å². The Morgan fingerprint density at radius 2 is 1.88 bits per heavy atom. The SMILES string of the molecule is Cc1ccccc1C(=O)C1CNC(C(=O)NCc2ccc(F)cc2)C1. The fourth-order valence-electron chi connectivity index (χ4n) is 3.12. The van der Waals surface area contributed by atoms with E-state index in [1.54, 1.807) is 12.1 Å². The van der Waals surface area contributed by atoms with Gasteiger partial charge in [-0.2, -0.15) is 0 Å². The van der Waals surface area contributed by atoms with E-state index in [-0.39, 0.29) is 29.5 Å². The van der Waals surface area contributed by atoms with Crippen molar-refractivity contribution in [3.63, 3.8) is 0 Å². The minimum Gasteiger partial charge on any atom is -0.351 e. The lowest BCUT2D eigenvalue weighted by Gasteiger charge is -2.12. The van der Waals surface area contributed by atoms with Gasteiger partial charge in [-0.3, -0.25) is 9.59 Å². The van der Waals surface area contributed by atoms with Gasteiger partial charge in [-0.25, -0.2) is 4.39 Å². The lowest BCUT2D eigenvalue weighted by molar-refractivity contribution is -0.122. The van der Waals surface area contributed by atoms with Crippen molar-refractivity contribution in [3.8, 4) is 0 Å². The van der Waals surface area contributed by atoms with Gasteiger partial charge in [0.05, 0.1) is 6.04 Å². The third-order valence-electron chi connectivity index (χ3n) is 4.61. The van der Waals surface area contributed by atoms with Crippen molar-refractivity contribution in [2.24, 2.45) is 5.92 Å². The van der Waals surface area contributed by atoms with Crippen LogP contribution in [0.3, 0.4) is 0 Å². The van der Waals surface area contributed by atoms with Gasteiger partial charge in [-0.1, -0.05) is 36.4 Å². The highest BCUT2D eigenvalue weighted by Gasteiger charge is 2.34. The van der Waals surface area contributed by atoms with Crippen LogP contribution in [0.1, 0.15) is 27.9 Å². The highest BCUT2D eigenvalue weighted by molar-refractivity contribution is 6.00. The number of hydrogen-bond donors (Lipinski definition) is 2. The second kappa shape index (κ2) is 7.57. The van der Waals surface area contributed by atoms with E-state index in [4.69, 9.17) is 0 Å². The monoisotopic (exact) mass is 340 g/mol. The molecule has 0 aromatic heterocycles. The van der Waals surface area contributed by atoms with Gasteiger partial charge in [0.25, 0.3) is 0 Å². The topological polar surface area (TPSA) is 58.2 Å². The molecule has 1 fully saturated rings. The Balaban J connectivity index is 1.55. The van der Waals surface area contributed by atoms with Crippen LogP contribution in [0.2, 0.25) is 0 Å². The molecule has 0 saturated carbocycles. The number of rotatable bonds is 5. The zero-order valence-corrected chi connectivity index (χ0v) is 14.1. The van der Waals surface area contributed by atoms with Crippen LogP contribution in [0.5, 0.6) is 0 Å². The average molecular weight is 340 g/mol. The van der Waals surface area contributed by atoms with E-state index in [2.05, 4.69) is 10.6 Å². The predicted molar refractivity (Wildman–Crippen MR) is 93.7 cm³/mol. The molecule has 1 aliphatic rings. The summed E-state index contributed by atoms with van der Waals surface area (Å²) in [5.41, 5.74) is 2.51. The van der Waals surface area contributed by atoms with Crippen LogP contribution < -0.4 is 10.6 Å². The van der Waals surface area contributed by atoms with Crippen molar-refractivity contribution in [1.82, 2.24) is 10.6 Å². The smallest absolute Gasteiger partial charge is 0.237 e. The van der Waals surface area contributed by atoms with Gasteiger partial charge in [-0.05, 0) is 36.6 Å². The van der Waals surface area contributed by atoms with Crippen molar-refractivity contribution >= 4 is 11.7 Å². The van der Waals surface area contributed by atoms with E-state index in [1.807, 2.05) is 31.2 Å². The molecule has 1 amide bonds. The summed E-state index contributed by atoms with van der Waals surface area (Å²) >= 11 is 0. The Kier molecular flexibility index (Phi) is 5.24. The minimum absolute atomic E-state index is 0.0828. The van der Waals surface area contributed by atoms with Crippen LogP contribution in [0.15, 0.2) is 48.5 Å². The molecule has 0 aliphatic carbocycles. The fraction of sp³-hybridized carbons (Fsp3) is 0.300. The van der Waals surface area contributed by atoms with Crippen molar-refractivity contribution in [2.45, 2.75) is 25.9 Å².